The number of hydrogen-bond donors (Lipinski definition) is 0. The molecule has 2 aliphatic rings. The Kier molecular flexibility index (Phi) is 3.51. The number of likely N-dealkylation sites (tertiary alicyclic amines) is 1. The van der Waals surface area contributed by atoms with Crippen molar-refractivity contribution in [2.75, 3.05) is 6.54 Å². The van der Waals surface area contributed by atoms with Gasteiger partial charge in [0.2, 0.25) is 0 Å². The molecule has 1 heterocycles. The van der Waals surface area contributed by atoms with Crippen molar-refractivity contribution in [2.45, 2.75) is 51.1 Å². The van der Waals surface area contributed by atoms with Crippen LogP contribution in [0.15, 0.2) is 42.0 Å². The molecular weight excluding hydrogens is 218 g/mol. The van der Waals surface area contributed by atoms with Gasteiger partial charge in [-0.25, -0.2) is 0 Å². The SMILES string of the molecule is C[C@@H](c1ccccc1)N1CCCC2=CCCC[C@H]21. The minimum absolute atomic E-state index is 0.554. The van der Waals surface area contributed by atoms with Crippen LogP contribution in [0, 0.1) is 0 Å². The van der Waals surface area contributed by atoms with E-state index in [2.05, 4.69) is 48.2 Å². The highest BCUT2D eigenvalue weighted by Gasteiger charge is 2.31. The number of nitrogens with zero attached hydrogens (tertiary/aromatic N) is 1. The Balaban J connectivity index is 1.82. The third-order valence-corrected chi connectivity index (χ3v) is 4.58. The molecule has 0 saturated carbocycles. The first-order valence-corrected chi connectivity index (χ1v) is 7.36. The molecule has 1 aromatic carbocycles. The summed E-state index contributed by atoms with van der Waals surface area (Å²) in [7, 11) is 0. The van der Waals surface area contributed by atoms with Crippen LogP contribution in [0.1, 0.15) is 50.6 Å². The number of fused-ring (bicyclic) bond motifs is 1. The van der Waals surface area contributed by atoms with Crippen LogP contribution in [0.4, 0.5) is 0 Å². The van der Waals surface area contributed by atoms with Crippen LogP contribution in [0.25, 0.3) is 0 Å². The molecule has 0 spiro atoms. The number of piperidine rings is 1. The maximum Gasteiger partial charge on any atom is 0.0325 e. The second kappa shape index (κ2) is 5.27. The van der Waals surface area contributed by atoms with Gasteiger partial charge in [0.15, 0.2) is 0 Å². The fourth-order valence-corrected chi connectivity index (χ4v) is 3.58. The number of rotatable bonds is 2. The monoisotopic (exact) mass is 241 g/mol. The van der Waals surface area contributed by atoms with Crippen molar-refractivity contribution in [3.8, 4) is 0 Å². The predicted octanol–water partition coefficient (Wildman–Crippen LogP) is 4.32. The predicted molar refractivity (Wildman–Crippen MR) is 76.5 cm³/mol. The fraction of sp³-hybridized carbons (Fsp3) is 0.529. The van der Waals surface area contributed by atoms with E-state index in [1.807, 2.05) is 0 Å². The summed E-state index contributed by atoms with van der Waals surface area (Å²) in [5, 5.41) is 0. The normalized spacial score (nSPS) is 26.3. The minimum Gasteiger partial charge on any atom is -0.290 e. The standard InChI is InChI=1S/C17H23N/c1-14(15-8-3-2-4-9-15)18-13-7-11-16-10-5-6-12-17(16)18/h2-4,8-10,14,17H,5-7,11-13H2,1H3/t14-,17+/m0/s1. The largest absolute Gasteiger partial charge is 0.290 e. The Morgan fingerprint density at radius 2 is 2.00 bits per heavy atom. The Morgan fingerprint density at radius 3 is 2.83 bits per heavy atom. The van der Waals surface area contributed by atoms with E-state index in [4.69, 9.17) is 0 Å². The molecular formula is C17H23N. The van der Waals surface area contributed by atoms with Crippen molar-refractivity contribution in [1.82, 2.24) is 4.90 Å². The zero-order chi connectivity index (χ0) is 12.4. The van der Waals surface area contributed by atoms with Gasteiger partial charge in [0.05, 0.1) is 0 Å². The van der Waals surface area contributed by atoms with Crippen molar-refractivity contribution in [3.63, 3.8) is 0 Å². The number of allylic oxidation sites excluding steroid dienone is 1. The molecule has 18 heavy (non-hydrogen) atoms. The molecule has 1 aliphatic heterocycles. The van der Waals surface area contributed by atoms with Gasteiger partial charge in [-0.2, -0.15) is 0 Å². The molecule has 0 bridgehead atoms. The molecule has 96 valence electrons. The van der Waals surface area contributed by atoms with Gasteiger partial charge < -0.3 is 0 Å². The quantitative estimate of drug-likeness (QED) is 0.697. The van der Waals surface area contributed by atoms with Gasteiger partial charge in [-0.05, 0) is 51.1 Å². The summed E-state index contributed by atoms with van der Waals surface area (Å²) in [4.78, 5) is 2.73. The summed E-state index contributed by atoms with van der Waals surface area (Å²) in [5.74, 6) is 0. The maximum atomic E-state index is 2.73. The van der Waals surface area contributed by atoms with Gasteiger partial charge in [0.1, 0.15) is 0 Å². The van der Waals surface area contributed by atoms with Crippen molar-refractivity contribution in [1.29, 1.82) is 0 Å². The molecule has 2 atom stereocenters. The first-order valence-electron chi connectivity index (χ1n) is 7.36. The molecule has 3 rings (SSSR count). The summed E-state index contributed by atoms with van der Waals surface area (Å²) < 4.78 is 0. The summed E-state index contributed by atoms with van der Waals surface area (Å²) >= 11 is 0. The van der Waals surface area contributed by atoms with Crippen LogP contribution in [-0.4, -0.2) is 17.5 Å². The van der Waals surface area contributed by atoms with Gasteiger partial charge in [0.25, 0.3) is 0 Å². The van der Waals surface area contributed by atoms with E-state index in [0.29, 0.717) is 6.04 Å². The molecule has 1 aromatic rings. The fourth-order valence-electron chi connectivity index (χ4n) is 3.58. The summed E-state index contributed by atoms with van der Waals surface area (Å²) in [6.45, 7) is 3.63. The van der Waals surface area contributed by atoms with Crippen molar-refractivity contribution in [3.05, 3.63) is 47.5 Å². The number of hydrogen-bond acceptors (Lipinski definition) is 1. The molecule has 0 N–H and O–H groups in total. The topological polar surface area (TPSA) is 3.24 Å². The van der Waals surface area contributed by atoms with E-state index in [0.717, 1.165) is 6.04 Å². The van der Waals surface area contributed by atoms with Crippen LogP contribution in [0.2, 0.25) is 0 Å². The second-order valence-corrected chi connectivity index (χ2v) is 5.65. The lowest BCUT2D eigenvalue weighted by atomic mass is 9.85. The minimum atomic E-state index is 0.554. The Bertz CT molecular complexity index is 420. The molecule has 1 fully saturated rings. The van der Waals surface area contributed by atoms with E-state index < -0.39 is 0 Å². The van der Waals surface area contributed by atoms with Gasteiger partial charge in [0, 0.05) is 12.1 Å². The van der Waals surface area contributed by atoms with Crippen LogP contribution < -0.4 is 0 Å². The summed E-state index contributed by atoms with van der Waals surface area (Å²) in [6, 6.07) is 12.2. The zero-order valence-electron chi connectivity index (χ0n) is 11.3. The first-order chi connectivity index (χ1) is 8.86. The van der Waals surface area contributed by atoms with Crippen LogP contribution in [-0.2, 0) is 0 Å². The average molecular weight is 241 g/mol. The van der Waals surface area contributed by atoms with E-state index in [-0.39, 0.29) is 0 Å². The number of benzene rings is 1. The molecule has 1 saturated heterocycles. The molecule has 0 aromatic heterocycles. The highest BCUT2D eigenvalue weighted by Crippen LogP contribution is 2.36. The van der Waals surface area contributed by atoms with Gasteiger partial charge in [-0.15, -0.1) is 0 Å². The lowest BCUT2D eigenvalue weighted by molar-refractivity contribution is 0.127. The first kappa shape index (κ1) is 12.0. The summed E-state index contributed by atoms with van der Waals surface area (Å²) in [5.41, 5.74) is 3.18. The van der Waals surface area contributed by atoms with E-state index in [1.165, 1.54) is 44.2 Å². The van der Waals surface area contributed by atoms with Crippen molar-refractivity contribution >= 4 is 0 Å². The van der Waals surface area contributed by atoms with E-state index >= 15 is 0 Å². The van der Waals surface area contributed by atoms with Crippen LogP contribution in [0.3, 0.4) is 0 Å². The maximum absolute atomic E-state index is 2.73. The highest BCUT2D eigenvalue weighted by atomic mass is 15.2. The van der Waals surface area contributed by atoms with E-state index in [1.54, 1.807) is 5.57 Å². The summed E-state index contributed by atoms with van der Waals surface area (Å²) in [6.07, 6.45) is 9.22. The molecule has 0 unspecified atom stereocenters. The second-order valence-electron chi connectivity index (χ2n) is 5.65. The van der Waals surface area contributed by atoms with Gasteiger partial charge in [-0.1, -0.05) is 42.0 Å². The van der Waals surface area contributed by atoms with Gasteiger partial charge in [-0.3, -0.25) is 4.90 Å². The smallest absolute Gasteiger partial charge is 0.0325 e. The molecule has 0 radical (unpaired) electrons. The lowest BCUT2D eigenvalue weighted by Gasteiger charge is -2.43. The van der Waals surface area contributed by atoms with E-state index in [9.17, 15) is 0 Å². The average Bonchev–Trinajstić information content (AvgIpc) is 2.47. The lowest BCUT2D eigenvalue weighted by Crippen LogP contribution is -2.43. The molecule has 1 nitrogen and oxygen atoms in total. The van der Waals surface area contributed by atoms with Crippen molar-refractivity contribution in [2.24, 2.45) is 0 Å². The Morgan fingerprint density at radius 1 is 1.17 bits per heavy atom. The highest BCUT2D eigenvalue weighted by molar-refractivity contribution is 5.22. The molecule has 0 amide bonds. The Labute approximate surface area is 111 Å². The molecule has 1 heteroatoms. The Hall–Kier alpha value is -1.08. The third-order valence-electron chi connectivity index (χ3n) is 4.58. The van der Waals surface area contributed by atoms with Gasteiger partial charge >= 0.3 is 0 Å². The van der Waals surface area contributed by atoms with Crippen LogP contribution >= 0.6 is 0 Å². The molecule has 1 aliphatic carbocycles. The van der Waals surface area contributed by atoms with Crippen LogP contribution in [0.5, 0.6) is 0 Å². The van der Waals surface area contributed by atoms with Crippen molar-refractivity contribution < 1.29 is 0 Å². The zero-order valence-corrected chi connectivity index (χ0v) is 11.3. The third kappa shape index (κ3) is 2.24.